The number of hydrogen-bond donors (Lipinski definition) is 1. The summed E-state index contributed by atoms with van der Waals surface area (Å²) in [5.74, 6) is -0.335. The topological polar surface area (TPSA) is 41.6 Å². The number of nitrogens with zero attached hydrogens (tertiary/aromatic N) is 1. The third-order valence-corrected chi connectivity index (χ3v) is 4.69. The minimum Gasteiger partial charge on any atom is -0.366 e. The van der Waals surface area contributed by atoms with Gasteiger partial charge in [0.1, 0.15) is 0 Å². The Kier molecular flexibility index (Phi) is 5.82. The van der Waals surface area contributed by atoms with E-state index in [1.165, 1.54) is 12.8 Å². The average molecular weight is 318 g/mol. The quantitative estimate of drug-likeness (QED) is 0.813. The number of hydroxylamine groups is 1. The van der Waals surface area contributed by atoms with Gasteiger partial charge in [0.25, 0.3) is 0 Å². The van der Waals surface area contributed by atoms with Gasteiger partial charge in [0.15, 0.2) is 0 Å². The fraction of sp³-hybridized carbons (Fsp3) is 0.632. The molecule has 4 heteroatoms. The second-order valence-electron chi connectivity index (χ2n) is 8.00. The summed E-state index contributed by atoms with van der Waals surface area (Å²) in [4.78, 5) is 19.7. The molecule has 1 fully saturated rings. The first-order valence-electron chi connectivity index (χ1n) is 8.53. The summed E-state index contributed by atoms with van der Waals surface area (Å²) in [6, 6.07) is 9.06. The van der Waals surface area contributed by atoms with Crippen molar-refractivity contribution in [2.24, 2.45) is 5.41 Å². The highest BCUT2D eigenvalue weighted by atomic mass is 16.7. The van der Waals surface area contributed by atoms with Gasteiger partial charge in [0.2, 0.25) is 0 Å². The minimum absolute atomic E-state index is 0.239. The number of likely N-dealkylation sites (tertiary alicyclic amines) is 1. The molecule has 1 aromatic carbocycles. The van der Waals surface area contributed by atoms with Gasteiger partial charge in [-0.1, -0.05) is 32.0 Å². The van der Waals surface area contributed by atoms with Gasteiger partial charge in [-0.2, -0.15) is 0 Å². The van der Waals surface area contributed by atoms with Crippen molar-refractivity contribution in [3.63, 3.8) is 0 Å². The standard InChI is InChI=1S/C19H30N2O2/c1-18(2)10-13-21(14-11-18)15-12-19(3,4)20-23-17(22)16-8-6-5-7-9-16/h5-9,20H,10-15H2,1-4H3. The highest BCUT2D eigenvalue weighted by Gasteiger charge is 2.27. The van der Waals surface area contributed by atoms with Crippen molar-refractivity contribution in [1.29, 1.82) is 0 Å². The molecular formula is C19H30N2O2. The lowest BCUT2D eigenvalue weighted by Gasteiger charge is -2.38. The zero-order valence-electron chi connectivity index (χ0n) is 14.9. The zero-order chi connectivity index (χ0) is 16.9. The molecule has 0 spiro atoms. The Labute approximate surface area is 140 Å². The Morgan fingerprint density at radius 3 is 2.43 bits per heavy atom. The van der Waals surface area contributed by atoms with Crippen molar-refractivity contribution in [2.75, 3.05) is 19.6 Å². The number of carbonyl (C=O) groups excluding carboxylic acids is 1. The third-order valence-electron chi connectivity index (χ3n) is 4.69. The summed E-state index contributed by atoms with van der Waals surface area (Å²) in [7, 11) is 0. The fourth-order valence-electron chi connectivity index (χ4n) is 2.69. The Hall–Kier alpha value is -1.39. The molecular weight excluding hydrogens is 288 g/mol. The number of piperidine rings is 1. The summed E-state index contributed by atoms with van der Waals surface area (Å²) in [6.45, 7) is 12.2. The van der Waals surface area contributed by atoms with E-state index in [0.29, 0.717) is 11.0 Å². The molecule has 1 aliphatic rings. The smallest absolute Gasteiger partial charge is 0.356 e. The van der Waals surface area contributed by atoms with E-state index < -0.39 is 0 Å². The van der Waals surface area contributed by atoms with Gasteiger partial charge >= 0.3 is 5.97 Å². The second-order valence-corrected chi connectivity index (χ2v) is 8.00. The highest BCUT2D eigenvalue weighted by molar-refractivity contribution is 5.89. The molecule has 0 aromatic heterocycles. The summed E-state index contributed by atoms with van der Waals surface area (Å²) < 4.78 is 0. The molecule has 0 unspecified atom stereocenters. The number of hydrogen-bond acceptors (Lipinski definition) is 4. The van der Waals surface area contributed by atoms with Gasteiger partial charge in [0.05, 0.1) is 5.56 Å². The monoisotopic (exact) mass is 318 g/mol. The summed E-state index contributed by atoms with van der Waals surface area (Å²) in [6.07, 6.45) is 3.45. The highest BCUT2D eigenvalue weighted by Crippen LogP contribution is 2.29. The zero-order valence-corrected chi connectivity index (χ0v) is 14.9. The van der Waals surface area contributed by atoms with E-state index in [1.807, 2.05) is 18.2 Å². The van der Waals surface area contributed by atoms with E-state index in [9.17, 15) is 4.79 Å². The van der Waals surface area contributed by atoms with Gasteiger partial charge in [0, 0.05) is 5.54 Å². The van der Waals surface area contributed by atoms with Crippen LogP contribution >= 0.6 is 0 Å². The van der Waals surface area contributed by atoms with Crippen molar-refractivity contribution in [3.05, 3.63) is 35.9 Å². The van der Waals surface area contributed by atoms with E-state index in [0.717, 1.165) is 26.1 Å². The van der Waals surface area contributed by atoms with Crippen molar-refractivity contribution in [1.82, 2.24) is 10.4 Å². The maximum Gasteiger partial charge on any atom is 0.356 e. The lowest BCUT2D eigenvalue weighted by Crippen LogP contribution is -2.45. The van der Waals surface area contributed by atoms with E-state index >= 15 is 0 Å². The van der Waals surface area contributed by atoms with Gasteiger partial charge in [-0.3, -0.25) is 0 Å². The van der Waals surface area contributed by atoms with Crippen LogP contribution in [0.4, 0.5) is 0 Å². The van der Waals surface area contributed by atoms with Crippen molar-refractivity contribution < 1.29 is 9.63 Å². The van der Waals surface area contributed by atoms with Crippen LogP contribution in [0.1, 0.15) is 57.3 Å². The normalized spacial score (nSPS) is 18.6. The number of carbonyl (C=O) groups is 1. The molecule has 0 amide bonds. The predicted octanol–water partition coefficient (Wildman–Crippen LogP) is 3.64. The molecule has 0 saturated carbocycles. The average Bonchev–Trinajstić information content (AvgIpc) is 2.52. The van der Waals surface area contributed by atoms with Crippen LogP contribution in [0.25, 0.3) is 0 Å². The summed E-state index contributed by atoms with van der Waals surface area (Å²) in [5.41, 5.74) is 3.74. The lowest BCUT2D eigenvalue weighted by molar-refractivity contribution is -0.00318. The molecule has 1 heterocycles. The van der Waals surface area contributed by atoms with Crippen LogP contribution in [-0.4, -0.2) is 36.0 Å². The molecule has 4 nitrogen and oxygen atoms in total. The molecule has 0 bridgehead atoms. The number of rotatable bonds is 6. The van der Waals surface area contributed by atoms with E-state index in [4.69, 9.17) is 4.84 Å². The second kappa shape index (κ2) is 7.45. The molecule has 0 aliphatic carbocycles. The number of nitrogens with one attached hydrogen (secondary N) is 1. The van der Waals surface area contributed by atoms with Crippen LogP contribution in [0.5, 0.6) is 0 Å². The van der Waals surface area contributed by atoms with Gasteiger partial charge in [-0.25, -0.2) is 4.79 Å². The summed E-state index contributed by atoms with van der Waals surface area (Å²) >= 11 is 0. The van der Waals surface area contributed by atoms with E-state index in [2.05, 4.69) is 38.1 Å². The van der Waals surface area contributed by atoms with Crippen LogP contribution in [0.3, 0.4) is 0 Å². The Morgan fingerprint density at radius 1 is 1.22 bits per heavy atom. The predicted molar refractivity (Wildman–Crippen MR) is 93.1 cm³/mol. The molecule has 0 radical (unpaired) electrons. The maximum absolute atomic E-state index is 12.0. The SMILES string of the molecule is CC1(C)CCN(CCC(C)(C)NOC(=O)c2ccccc2)CC1. The van der Waals surface area contributed by atoms with Crippen LogP contribution in [0.2, 0.25) is 0 Å². The molecule has 1 aromatic rings. The van der Waals surface area contributed by atoms with Crippen molar-refractivity contribution >= 4 is 5.97 Å². The van der Waals surface area contributed by atoms with Crippen molar-refractivity contribution in [2.45, 2.75) is 52.5 Å². The first kappa shape index (κ1) is 18.0. The van der Waals surface area contributed by atoms with Gasteiger partial charge < -0.3 is 9.74 Å². The lowest BCUT2D eigenvalue weighted by atomic mass is 9.82. The third kappa shape index (κ3) is 5.96. The molecule has 1 aliphatic heterocycles. The molecule has 2 rings (SSSR count). The minimum atomic E-state index is -0.335. The van der Waals surface area contributed by atoms with E-state index in [-0.39, 0.29) is 11.5 Å². The maximum atomic E-state index is 12.0. The van der Waals surface area contributed by atoms with Crippen LogP contribution < -0.4 is 5.48 Å². The molecule has 1 N–H and O–H groups in total. The Balaban J connectivity index is 1.73. The fourth-order valence-corrected chi connectivity index (χ4v) is 2.69. The van der Waals surface area contributed by atoms with E-state index in [1.54, 1.807) is 12.1 Å². The molecule has 1 saturated heterocycles. The first-order chi connectivity index (χ1) is 10.8. The Morgan fingerprint density at radius 2 is 1.83 bits per heavy atom. The van der Waals surface area contributed by atoms with Crippen LogP contribution in [0, 0.1) is 5.41 Å². The molecule has 0 atom stereocenters. The van der Waals surface area contributed by atoms with Crippen LogP contribution in [-0.2, 0) is 4.84 Å². The number of benzene rings is 1. The Bertz CT molecular complexity index is 501. The van der Waals surface area contributed by atoms with Gasteiger partial charge in [-0.05, 0) is 70.3 Å². The van der Waals surface area contributed by atoms with Gasteiger partial charge in [-0.15, -0.1) is 5.48 Å². The molecule has 23 heavy (non-hydrogen) atoms. The molecule has 128 valence electrons. The van der Waals surface area contributed by atoms with Crippen molar-refractivity contribution in [3.8, 4) is 0 Å². The first-order valence-corrected chi connectivity index (χ1v) is 8.53. The largest absolute Gasteiger partial charge is 0.366 e. The summed E-state index contributed by atoms with van der Waals surface area (Å²) in [5, 5.41) is 0. The van der Waals surface area contributed by atoms with Crippen LogP contribution in [0.15, 0.2) is 30.3 Å².